The molecule has 8 nitrogen and oxygen atoms in total. The minimum atomic E-state index is -0.324. The molecule has 0 unspecified atom stereocenters. The number of rotatable bonds is 5. The number of carbonyl (C=O) groups is 2. The first-order valence-electron chi connectivity index (χ1n) is 8.44. The van der Waals surface area contributed by atoms with Gasteiger partial charge >= 0.3 is 12.0 Å². The van der Waals surface area contributed by atoms with Gasteiger partial charge in [0.2, 0.25) is 0 Å². The van der Waals surface area contributed by atoms with Crippen molar-refractivity contribution in [3.63, 3.8) is 0 Å². The van der Waals surface area contributed by atoms with Crippen LogP contribution < -0.4 is 5.32 Å². The summed E-state index contributed by atoms with van der Waals surface area (Å²) in [6.07, 6.45) is 3.72. The predicted octanol–water partition coefficient (Wildman–Crippen LogP) is 1.11. The molecular formula is C17H23N5O3. The number of hydrogen-bond acceptors (Lipinski definition) is 5. The Morgan fingerprint density at radius 3 is 3.04 bits per heavy atom. The van der Waals surface area contributed by atoms with E-state index in [9.17, 15) is 9.59 Å². The van der Waals surface area contributed by atoms with Crippen LogP contribution in [-0.2, 0) is 23.0 Å². The second-order valence-electron chi connectivity index (χ2n) is 6.30. The highest BCUT2D eigenvalue weighted by molar-refractivity contribution is 5.76. The highest BCUT2D eigenvalue weighted by Crippen LogP contribution is 2.22. The molecule has 3 rings (SSSR count). The van der Waals surface area contributed by atoms with Crippen LogP contribution in [0, 0.1) is 5.92 Å². The number of aryl methyl sites for hydroxylation is 1. The Balaban J connectivity index is 1.53. The van der Waals surface area contributed by atoms with Crippen LogP contribution in [0.15, 0.2) is 18.3 Å². The summed E-state index contributed by atoms with van der Waals surface area (Å²) in [5, 5.41) is 2.76. The van der Waals surface area contributed by atoms with Crippen LogP contribution >= 0.6 is 0 Å². The number of fused-ring (bicyclic) bond motifs is 1. The van der Waals surface area contributed by atoms with Crippen LogP contribution in [0.4, 0.5) is 4.79 Å². The Morgan fingerprint density at radius 2 is 2.28 bits per heavy atom. The van der Waals surface area contributed by atoms with Gasteiger partial charge in [-0.05, 0) is 24.5 Å². The fourth-order valence-electron chi connectivity index (χ4n) is 3.18. The number of methoxy groups -OCH3 is 1. The minimum absolute atomic E-state index is 0.127. The predicted molar refractivity (Wildman–Crippen MR) is 91.9 cm³/mol. The molecule has 2 aromatic rings. The molecule has 1 saturated heterocycles. The third-order valence-corrected chi connectivity index (χ3v) is 4.60. The number of hydrogen-bond donors (Lipinski definition) is 1. The number of nitrogens with zero attached hydrogens (tertiary/aromatic N) is 4. The molecule has 0 aliphatic carbocycles. The summed E-state index contributed by atoms with van der Waals surface area (Å²) in [6.45, 7) is 1.71. The molecule has 3 heterocycles. The fraction of sp³-hybridized carbons (Fsp3) is 0.529. The lowest BCUT2D eigenvalue weighted by atomic mass is 10.0. The molecule has 8 heteroatoms. The normalized spacial score (nSPS) is 17.0. The van der Waals surface area contributed by atoms with E-state index < -0.39 is 0 Å². The monoisotopic (exact) mass is 345 g/mol. The molecule has 1 atom stereocenters. The Morgan fingerprint density at radius 1 is 1.44 bits per heavy atom. The standard InChI is InChI=1S/C17H23N5O3/c1-21-14(20-13-4-3-7-18-16(13)21)10-12-6-9-22(11-12)17(24)19-8-5-15(23)25-2/h3-4,7,12H,5-6,8-11H2,1-2H3,(H,19,24)/t12-/m1/s1. The number of amides is 2. The van der Waals surface area contributed by atoms with Gasteiger partial charge in [-0.3, -0.25) is 4.79 Å². The van der Waals surface area contributed by atoms with Crippen LogP contribution in [0.5, 0.6) is 0 Å². The Labute approximate surface area is 146 Å². The van der Waals surface area contributed by atoms with Crippen LogP contribution in [0.25, 0.3) is 11.2 Å². The summed E-state index contributed by atoms with van der Waals surface area (Å²) < 4.78 is 6.58. The van der Waals surface area contributed by atoms with Gasteiger partial charge in [-0.2, -0.15) is 0 Å². The van der Waals surface area contributed by atoms with Crippen molar-refractivity contribution in [2.75, 3.05) is 26.7 Å². The molecule has 0 spiro atoms. The topological polar surface area (TPSA) is 89.3 Å². The number of carbonyl (C=O) groups excluding carboxylic acids is 2. The van der Waals surface area contributed by atoms with Gasteiger partial charge in [0, 0.05) is 39.3 Å². The maximum atomic E-state index is 12.2. The molecule has 1 aliphatic rings. The smallest absolute Gasteiger partial charge is 0.317 e. The van der Waals surface area contributed by atoms with E-state index in [-0.39, 0.29) is 18.4 Å². The third-order valence-electron chi connectivity index (χ3n) is 4.60. The Bertz CT molecular complexity index is 773. The molecular weight excluding hydrogens is 322 g/mol. The van der Waals surface area contributed by atoms with Crippen molar-refractivity contribution in [2.24, 2.45) is 13.0 Å². The first-order chi connectivity index (χ1) is 12.1. The highest BCUT2D eigenvalue weighted by Gasteiger charge is 2.27. The number of esters is 1. The second kappa shape index (κ2) is 7.50. The molecule has 1 N–H and O–H groups in total. The van der Waals surface area contributed by atoms with Gasteiger partial charge < -0.3 is 19.5 Å². The van der Waals surface area contributed by atoms with Crippen molar-refractivity contribution in [3.05, 3.63) is 24.2 Å². The van der Waals surface area contributed by atoms with Gasteiger partial charge in [0.1, 0.15) is 11.3 Å². The summed E-state index contributed by atoms with van der Waals surface area (Å²) in [6, 6.07) is 3.72. The first-order valence-corrected chi connectivity index (χ1v) is 8.44. The number of likely N-dealkylation sites (tertiary alicyclic amines) is 1. The molecule has 25 heavy (non-hydrogen) atoms. The molecule has 134 valence electrons. The van der Waals surface area contributed by atoms with Gasteiger partial charge in [0.05, 0.1) is 13.5 Å². The zero-order valence-corrected chi connectivity index (χ0v) is 14.6. The van der Waals surface area contributed by atoms with Crippen molar-refractivity contribution in [1.82, 2.24) is 24.8 Å². The van der Waals surface area contributed by atoms with Gasteiger partial charge in [0.25, 0.3) is 0 Å². The maximum Gasteiger partial charge on any atom is 0.317 e. The molecule has 0 bridgehead atoms. The van der Waals surface area contributed by atoms with E-state index in [1.165, 1.54) is 7.11 Å². The van der Waals surface area contributed by atoms with Crippen molar-refractivity contribution in [1.29, 1.82) is 0 Å². The third kappa shape index (κ3) is 3.89. The van der Waals surface area contributed by atoms with Gasteiger partial charge in [-0.1, -0.05) is 0 Å². The van der Waals surface area contributed by atoms with Gasteiger partial charge in [-0.25, -0.2) is 14.8 Å². The van der Waals surface area contributed by atoms with Crippen molar-refractivity contribution >= 4 is 23.2 Å². The SMILES string of the molecule is COC(=O)CCNC(=O)N1CC[C@H](Cc2nc3cccnc3n2C)C1. The molecule has 1 aliphatic heterocycles. The zero-order valence-electron chi connectivity index (χ0n) is 14.6. The Hall–Kier alpha value is -2.64. The van der Waals surface area contributed by atoms with Gasteiger partial charge in [-0.15, -0.1) is 0 Å². The van der Waals surface area contributed by atoms with E-state index in [4.69, 9.17) is 0 Å². The van der Waals surface area contributed by atoms with Crippen molar-refractivity contribution < 1.29 is 14.3 Å². The highest BCUT2D eigenvalue weighted by atomic mass is 16.5. The summed E-state index contributed by atoms with van der Waals surface area (Å²) in [7, 11) is 3.32. The lowest BCUT2D eigenvalue weighted by molar-refractivity contribution is -0.140. The van der Waals surface area contributed by atoms with E-state index in [0.717, 1.165) is 36.4 Å². The van der Waals surface area contributed by atoms with Crippen LogP contribution in [-0.4, -0.2) is 58.2 Å². The average molecular weight is 345 g/mol. The number of aromatic nitrogens is 3. The summed E-state index contributed by atoms with van der Waals surface area (Å²) in [5.74, 6) is 1.04. The molecule has 0 saturated carbocycles. The zero-order chi connectivity index (χ0) is 17.8. The van der Waals surface area contributed by atoms with Crippen molar-refractivity contribution in [3.8, 4) is 0 Å². The van der Waals surface area contributed by atoms with E-state index in [1.54, 1.807) is 11.1 Å². The molecule has 0 radical (unpaired) electrons. The van der Waals surface area contributed by atoms with Crippen LogP contribution in [0.1, 0.15) is 18.7 Å². The van der Waals surface area contributed by atoms with Crippen LogP contribution in [0.2, 0.25) is 0 Å². The van der Waals surface area contributed by atoms with Crippen molar-refractivity contribution in [2.45, 2.75) is 19.3 Å². The number of imidazole rings is 1. The summed E-state index contributed by atoms with van der Waals surface area (Å²) in [4.78, 5) is 34.0. The summed E-state index contributed by atoms with van der Waals surface area (Å²) >= 11 is 0. The number of urea groups is 1. The van der Waals surface area contributed by atoms with E-state index in [0.29, 0.717) is 19.0 Å². The number of pyridine rings is 1. The van der Waals surface area contributed by atoms with Gasteiger partial charge in [0.15, 0.2) is 5.65 Å². The molecule has 2 aromatic heterocycles. The summed E-state index contributed by atoms with van der Waals surface area (Å²) in [5.41, 5.74) is 1.78. The van der Waals surface area contributed by atoms with E-state index >= 15 is 0 Å². The average Bonchev–Trinajstić information content (AvgIpc) is 3.21. The quantitative estimate of drug-likeness (QED) is 0.820. The lowest BCUT2D eigenvalue weighted by Gasteiger charge is -2.17. The lowest BCUT2D eigenvalue weighted by Crippen LogP contribution is -2.39. The molecule has 1 fully saturated rings. The molecule has 2 amide bonds. The second-order valence-corrected chi connectivity index (χ2v) is 6.30. The molecule has 0 aromatic carbocycles. The minimum Gasteiger partial charge on any atom is -0.469 e. The first kappa shape index (κ1) is 17.2. The Kier molecular flexibility index (Phi) is 5.16. The number of nitrogens with one attached hydrogen (secondary N) is 1. The largest absolute Gasteiger partial charge is 0.469 e. The van der Waals surface area contributed by atoms with E-state index in [1.807, 2.05) is 23.7 Å². The van der Waals surface area contributed by atoms with E-state index in [2.05, 4.69) is 20.0 Å². The number of ether oxygens (including phenoxy) is 1. The maximum absolute atomic E-state index is 12.2. The van der Waals surface area contributed by atoms with Crippen LogP contribution in [0.3, 0.4) is 0 Å². The fourth-order valence-corrected chi connectivity index (χ4v) is 3.18.